The van der Waals surface area contributed by atoms with E-state index in [1.165, 1.54) is 12.1 Å². The van der Waals surface area contributed by atoms with Crippen molar-refractivity contribution in [2.24, 2.45) is 11.7 Å². The molecule has 120 valence electrons. The largest absolute Gasteiger partial charge is 0.330 e. The van der Waals surface area contributed by atoms with Crippen molar-refractivity contribution in [3.05, 3.63) is 29.6 Å². The monoisotopic (exact) mass is 336 g/mol. The first-order valence-corrected chi connectivity index (χ1v) is 8.41. The lowest BCUT2D eigenvalue weighted by Crippen LogP contribution is -2.44. The van der Waals surface area contributed by atoms with Gasteiger partial charge in [-0.05, 0) is 43.9 Å². The minimum Gasteiger partial charge on any atom is -0.330 e. The average Bonchev–Trinajstić information content (AvgIpc) is 2.38. The van der Waals surface area contributed by atoms with Crippen molar-refractivity contribution >= 4 is 22.4 Å². The third-order valence-corrected chi connectivity index (χ3v) is 5.62. The number of nitrogens with two attached hydrogens (primary N) is 1. The van der Waals surface area contributed by atoms with Crippen molar-refractivity contribution < 1.29 is 12.8 Å². The Morgan fingerprint density at radius 3 is 2.62 bits per heavy atom. The highest BCUT2D eigenvalue weighted by Gasteiger charge is 2.30. The molecule has 1 aliphatic rings. The van der Waals surface area contributed by atoms with E-state index in [0.29, 0.717) is 12.1 Å². The molecule has 21 heavy (non-hydrogen) atoms. The van der Waals surface area contributed by atoms with Gasteiger partial charge in [0, 0.05) is 6.04 Å². The van der Waals surface area contributed by atoms with Gasteiger partial charge < -0.3 is 5.73 Å². The summed E-state index contributed by atoms with van der Waals surface area (Å²) in [6.45, 7) is 2.04. The van der Waals surface area contributed by atoms with Crippen LogP contribution in [0.25, 0.3) is 0 Å². The fourth-order valence-corrected chi connectivity index (χ4v) is 4.50. The number of aryl methyl sites for hydroxylation is 1. The SMILES string of the molecule is Cc1cccc(F)c1S(=O)(=O)NC1CCCCC1CN.Cl. The summed E-state index contributed by atoms with van der Waals surface area (Å²) in [6, 6.07) is 4.08. The Balaban J connectivity index is 0.00000220. The van der Waals surface area contributed by atoms with Crippen LogP contribution in [0.4, 0.5) is 4.39 Å². The van der Waals surface area contributed by atoms with Crippen LogP contribution in [-0.2, 0) is 10.0 Å². The molecule has 7 heteroatoms. The highest BCUT2D eigenvalue weighted by Crippen LogP contribution is 2.26. The predicted octanol–water partition coefficient (Wildman–Crippen LogP) is 2.35. The highest BCUT2D eigenvalue weighted by atomic mass is 35.5. The summed E-state index contributed by atoms with van der Waals surface area (Å²) in [5.74, 6) is -0.580. The van der Waals surface area contributed by atoms with Crippen LogP contribution in [0.15, 0.2) is 23.1 Å². The van der Waals surface area contributed by atoms with Gasteiger partial charge in [0.15, 0.2) is 0 Å². The Kier molecular flexibility index (Phi) is 6.59. The number of hydrogen-bond donors (Lipinski definition) is 2. The molecule has 2 atom stereocenters. The van der Waals surface area contributed by atoms with Gasteiger partial charge in [0.1, 0.15) is 10.7 Å². The molecule has 2 unspecified atom stereocenters. The zero-order valence-corrected chi connectivity index (χ0v) is 13.6. The topological polar surface area (TPSA) is 72.2 Å². The van der Waals surface area contributed by atoms with E-state index >= 15 is 0 Å². The summed E-state index contributed by atoms with van der Waals surface area (Å²) < 4.78 is 41.3. The van der Waals surface area contributed by atoms with Crippen molar-refractivity contribution in [2.75, 3.05) is 6.54 Å². The van der Waals surface area contributed by atoms with Gasteiger partial charge >= 0.3 is 0 Å². The summed E-state index contributed by atoms with van der Waals surface area (Å²) >= 11 is 0. The van der Waals surface area contributed by atoms with Gasteiger partial charge in [-0.3, -0.25) is 0 Å². The quantitative estimate of drug-likeness (QED) is 0.886. The summed E-state index contributed by atoms with van der Waals surface area (Å²) in [4.78, 5) is -0.249. The molecule has 0 amide bonds. The molecule has 0 bridgehead atoms. The molecule has 1 saturated carbocycles. The predicted molar refractivity (Wildman–Crippen MR) is 83.5 cm³/mol. The molecular weight excluding hydrogens is 315 g/mol. The molecule has 4 nitrogen and oxygen atoms in total. The standard InChI is InChI=1S/C14H21FN2O2S.ClH/c1-10-5-4-7-12(15)14(10)20(18,19)17-13-8-3-2-6-11(13)9-16;/h4-5,7,11,13,17H,2-3,6,8-9,16H2,1H3;1H. The molecule has 0 radical (unpaired) electrons. The maximum absolute atomic E-state index is 13.8. The summed E-state index contributed by atoms with van der Waals surface area (Å²) in [7, 11) is -3.84. The molecule has 0 aromatic heterocycles. The van der Waals surface area contributed by atoms with E-state index in [0.717, 1.165) is 25.7 Å². The van der Waals surface area contributed by atoms with Gasteiger partial charge in [0.25, 0.3) is 0 Å². The second-order valence-electron chi connectivity index (χ2n) is 5.39. The van der Waals surface area contributed by atoms with Gasteiger partial charge in [0.2, 0.25) is 10.0 Å². The zero-order valence-electron chi connectivity index (χ0n) is 12.0. The number of rotatable bonds is 4. The molecule has 2 rings (SSSR count). The third kappa shape index (κ3) is 4.16. The molecule has 1 aromatic rings. The first-order chi connectivity index (χ1) is 9.45. The minimum atomic E-state index is -3.84. The van der Waals surface area contributed by atoms with Gasteiger partial charge in [-0.15, -0.1) is 12.4 Å². The molecular formula is C14H22ClFN2O2S. The van der Waals surface area contributed by atoms with E-state index < -0.39 is 15.8 Å². The van der Waals surface area contributed by atoms with E-state index in [9.17, 15) is 12.8 Å². The van der Waals surface area contributed by atoms with Gasteiger partial charge in [0.05, 0.1) is 0 Å². The summed E-state index contributed by atoms with van der Waals surface area (Å²) in [5, 5.41) is 0. The first-order valence-electron chi connectivity index (χ1n) is 6.93. The van der Waals surface area contributed by atoms with Crippen LogP contribution in [0.5, 0.6) is 0 Å². The first kappa shape index (κ1) is 18.4. The number of halogens is 2. The second-order valence-corrected chi connectivity index (χ2v) is 7.04. The molecule has 3 N–H and O–H groups in total. The zero-order chi connectivity index (χ0) is 14.8. The number of nitrogens with one attached hydrogen (secondary N) is 1. The molecule has 0 saturated heterocycles. The van der Waals surface area contributed by atoms with E-state index in [4.69, 9.17) is 5.73 Å². The highest BCUT2D eigenvalue weighted by molar-refractivity contribution is 7.89. The van der Waals surface area contributed by atoms with Crippen molar-refractivity contribution in [1.82, 2.24) is 4.72 Å². The lowest BCUT2D eigenvalue weighted by Gasteiger charge is -2.31. The molecule has 0 heterocycles. The molecule has 1 fully saturated rings. The Bertz CT molecular complexity index is 560. The summed E-state index contributed by atoms with van der Waals surface area (Å²) in [6.07, 6.45) is 3.72. The van der Waals surface area contributed by atoms with Crippen molar-refractivity contribution in [2.45, 2.75) is 43.5 Å². The minimum absolute atomic E-state index is 0. The normalized spacial score (nSPS) is 22.6. The van der Waals surface area contributed by atoms with Crippen molar-refractivity contribution in [3.8, 4) is 0 Å². The number of benzene rings is 1. The second kappa shape index (κ2) is 7.54. The Morgan fingerprint density at radius 2 is 2.00 bits per heavy atom. The third-order valence-electron chi connectivity index (χ3n) is 3.95. The van der Waals surface area contributed by atoms with Crippen LogP contribution in [0.3, 0.4) is 0 Å². The van der Waals surface area contributed by atoms with Crippen LogP contribution in [0.2, 0.25) is 0 Å². The van der Waals surface area contributed by atoms with E-state index in [1.807, 2.05) is 0 Å². The summed E-state index contributed by atoms with van der Waals surface area (Å²) in [5.41, 5.74) is 6.12. The lowest BCUT2D eigenvalue weighted by atomic mass is 9.85. The number of hydrogen-bond acceptors (Lipinski definition) is 3. The molecule has 1 aromatic carbocycles. The smallest absolute Gasteiger partial charge is 0.244 e. The maximum Gasteiger partial charge on any atom is 0.244 e. The van der Waals surface area contributed by atoms with E-state index in [-0.39, 0.29) is 29.3 Å². The Morgan fingerprint density at radius 1 is 1.33 bits per heavy atom. The van der Waals surface area contributed by atoms with Crippen LogP contribution in [0.1, 0.15) is 31.2 Å². The maximum atomic E-state index is 13.8. The lowest BCUT2D eigenvalue weighted by molar-refractivity contribution is 0.296. The van der Waals surface area contributed by atoms with Crippen LogP contribution in [0, 0.1) is 18.7 Å². The number of sulfonamides is 1. The van der Waals surface area contributed by atoms with Gasteiger partial charge in [-0.1, -0.05) is 25.0 Å². The van der Waals surface area contributed by atoms with E-state index in [1.54, 1.807) is 13.0 Å². The molecule has 0 aliphatic heterocycles. The van der Waals surface area contributed by atoms with Crippen molar-refractivity contribution in [1.29, 1.82) is 0 Å². The van der Waals surface area contributed by atoms with E-state index in [2.05, 4.69) is 4.72 Å². The Hall–Kier alpha value is -0.690. The Labute approximate surface area is 131 Å². The fourth-order valence-electron chi connectivity index (χ4n) is 2.86. The fraction of sp³-hybridized carbons (Fsp3) is 0.571. The molecule has 1 aliphatic carbocycles. The van der Waals surface area contributed by atoms with Crippen LogP contribution >= 0.6 is 12.4 Å². The van der Waals surface area contributed by atoms with Crippen LogP contribution in [-0.4, -0.2) is 21.0 Å². The van der Waals surface area contributed by atoms with Gasteiger partial charge in [-0.25, -0.2) is 17.5 Å². The average molecular weight is 337 g/mol. The van der Waals surface area contributed by atoms with Crippen molar-refractivity contribution in [3.63, 3.8) is 0 Å². The van der Waals surface area contributed by atoms with Crippen LogP contribution < -0.4 is 10.5 Å². The molecule has 0 spiro atoms. The van der Waals surface area contributed by atoms with Gasteiger partial charge in [-0.2, -0.15) is 0 Å².